The summed E-state index contributed by atoms with van der Waals surface area (Å²) in [6.45, 7) is 0.587. The maximum absolute atomic E-state index is 11.1. The van der Waals surface area contributed by atoms with E-state index >= 15 is 0 Å². The number of amides is 1. The number of halogens is 1. The Morgan fingerprint density at radius 3 is 2.47 bits per heavy atom. The van der Waals surface area contributed by atoms with Crippen molar-refractivity contribution in [2.75, 3.05) is 11.1 Å². The molecule has 0 fully saturated rings. The van der Waals surface area contributed by atoms with Gasteiger partial charge < -0.3 is 16.8 Å². The second-order valence-corrected chi connectivity index (χ2v) is 4.58. The van der Waals surface area contributed by atoms with E-state index in [1.54, 1.807) is 18.2 Å². The van der Waals surface area contributed by atoms with Crippen molar-refractivity contribution in [1.82, 2.24) is 0 Å². The van der Waals surface area contributed by atoms with E-state index in [9.17, 15) is 4.79 Å². The minimum Gasteiger partial charge on any atom is -0.397 e. The van der Waals surface area contributed by atoms with Crippen LogP contribution in [-0.4, -0.2) is 5.91 Å². The predicted molar refractivity (Wildman–Crippen MR) is 78.2 cm³/mol. The molecule has 0 aliphatic heterocycles. The number of benzene rings is 2. The first-order chi connectivity index (χ1) is 9.06. The van der Waals surface area contributed by atoms with Crippen LogP contribution in [0.4, 0.5) is 11.4 Å². The van der Waals surface area contributed by atoms with Gasteiger partial charge in [0.1, 0.15) is 0 Å². The van der Waals surface area contributed by atoms with E-state index in [2.05, 4.69) is 5.32 Å². The van der Waals surface area contributed by atoms with E-state index in [-0.39, 0.29) is 0 Å². The van der Waals surface area contributed by atoms with Crippen molar-refractivity contribution < 1.29 is 4.79 Å². The Kier molecular flexibility index (Phi) is 3.92. The van der Waals surface area contributed by atoms with Crippen molar-refractivity contribution in [3.8, 4) is 0 Å². The fourth-order valence-electron chi connectivity index (χ4n) is 1.66. The first-order valence-electron chi connectivity index (χ1n) is 5.74. The summed E-state index contributed by atoms with van der Waals surface area (Å²) in [6, 6.07) is 12.4. The molecule has 0 radical (unpaired) electrons. The molecule has 5 N–H and O–H groups in total. The highest BCUT2D eigenvalue weighted by atomic mass is 35.5. The molecule has 2 aromatic rings. The second kappa shape index (κ2) is 5.63. The SMILES string of the molecule is NC(=O)c1ccc(N)c(NCc2ccc(Cl)cc2)c1. The van der Waals surface area contributed by atoms with Crippen LogP contribution in [0.3, 0.4) is 0 Å². The van der Waals surface area contributed by atoms with E-state index in [0.29, 0.717) is 28.5 Å². The summed E-state index contributed by atoms with van der Waals surface area (Å²) < 4.78 is 0. The van der Waals surface area contributed by atoms with E-state index in [4.69, 9.17) is 23.1 Å². The fourth-order valence-corrected chi connectivity index (χ4v) is 1.79. The first kappa shape index (κ1) is 13.2. The largest absolute Gasteiger partial charge is 0.397 e. The van der Waals surface area contributed by atoms with Crippen LogP contribution in [0.15, 0.2) is 42.5 Å². The maximum Gasteiger partial charge on any atom is 0.248 e. The quantitative estimate of drug-likeness (QED) is 0.750. The van der Waals surface area contributed by atoms with Crippen molar-refractivity contribution in [2.45, 2.75) is 6.54 Å². The average molecular weight is 276 g/mol. The summed E-state index contributed by atoms with van der Waals surface area (Å²) in [5.41, 5.74) is 13.8. The third-order valence-corrected chi connectivity index (χ3v) is 2.99. The molecule has 0 aliphatic rings. The fraction of sp³-hybridized carbons (Fsp3) is 0.0714. The number of carbonyl (C=O) groups is 1. The van der Waals surface area contributed by atoms with Gasteiger partial charge in [0.05, 0.1) is 11.4 Å². The third-order valence-electron chi connectivity index (χ3n) is 2.73. The van der Waals surface area contributed by atoms with Gasteiger partial charge in [0.2, 0.25) is 5.91 Å². The predicted octanol–water partition coefficient (Wildman–Crippen LogP) is 2.63. The summed E-state index contributed by atoms with van der Waals surface area (Å²) in [7, 11) is 0. The Balaban J connectivity index is 2.12. The molecule has 0 saturated carbocycles. The summed E-state index contributed by atoms with van der Waals surface area (Å²) in [6.07, 6.45) is 0. The van der Waals surface area contributed by atoms with Gasteiger partial charge in [-0.2, -0.15) is 0 Å². The van der Waals surface area contributed by atoms with Crippen LogP contribution in [0.1, 0.15) is 15.9 Å². The van der Waals surface area contributed by atoms with Gasteiger partial charge in [-0.25, -0.2) is 0 Å². The Morgan fingerprint density at radius 1 is 1.16 bits per heavy atom. The van der Waals surface area contributed by atoms with Gasteiger partial charge in [-0.05, 0) is 35.9 Å². The van der Waals surface area contributed by atoms with Gasteiger partial charge in [-0.1, -0.05) is 23.7 Å². The van der Waals surface area contributed by atoms with E-state index in [1.807, 2.05) is 24.3 Å². The molecular formula is C14H14ClN3O. The minimum atomic E-state index is -0.477. The van der Waals surface area contributed by atoms with Gasteiger partial charge in [0.25, 0.3) is 0 Å². The van der Waals surface area contributed by atoms with Crippen molar-refractivity contribution in [2.24, 2.45) is 5.73 Å². The summed E-state index contributed by atoms with van der Waals surface area (Å²) >= 11 is 5.82. The van der Waals surface area contributed by atoms with E-state index < -0.39 is 5.91 Å². The maximum atomic E-state index is 11.1. The zero-order chi connectivity index (χ0) is 13.8. The lowest BCUT2D eigenvalue weighted by Crippen LogP contribution is -2.12. The molecular weight excluding hydrogens is 262 g/mol. The number of nitrogen functional groups attached to an aromatic ring is 1. The monoisotopic (exact) mass is 275 g/mol. The molecule has 0 bridgehead atoms. The van der Waals surface area contributed by atoms with Gasteiger partial charge in [-0.3, -0.25) is 4.79 Å². The number of primary amides is 1. The molecule has 0 spiro atoms. The zero-order valence-corrected chi connectivity index (χ0v) is 10.9. The standard InChI is InChI=1S/C14H14ClN3O/c15-11-4-1-9(2-5-11)8-18-13-7-10(14(17)19)3-6-12(13)16/h1-7,18H,8,16H2,(H2,17,19). The molecule has 0 unspecified atom stereocenters. The van der Waals surface area contributed by atoms with Crippen molar-refractivity contribution in [3.63, 3.8) is 0 Å². The van der Waals surface area contributed by atoms with Crippen LogP contribution in [0, 0.1) is 0 Å². The Hall–Kier alpha value is -2.20. The highest BCUT2D eigenvalue weighted by Gasteiger charge is 2.05. The van der Waals surface area contributed by atoms with Crippen molar-refractivity contribution >= 4 is 28.9 Å². The molecule has 5 heteroatoms. The summed E-state index contributed by atoms with van der Waals surface area (Å²) in [4.78, 5) is 11.1. The first-order valence-corrected chi connectivity index (χ1v) is 6.11. The van der Waals surface area contributed by atoms with Crippen LogP contribution in [0.25, 0.3) is 0 Å². The number of rotatable bonds is 4. The molecule has 2 rings (SSSR count). The van der Waals surface area contributed by atoms with Gasteiger partial charge in [0, 0.05) is 17.1 Å². The van der Waals surface area contributed by atoms with Gasteiger partial charge >= 0.3 is 0 Å². The summed E-state index contributed by atoms with van der Waals surface area (Å²) in [5, 5.41) is 3.86. The molecule has 0 saturated heterocycles. The van der Waals surface area contributed by atoms with E-state index in [0.717, 1.165) is 5.56 Å². The molecule has 2 aromatic carbocycles. The third kappa shape index (κ3) is 3.39. The lowest BCUT2D eigenvalue weighted by atomic mass is 10.1. The zero-order valence-electron chi connectivity index (χ0n) is 10.2. The number of nitrogens with one attached hydrogen (secondary N) is 1. The number of anilines is 2. The van der Waals surface area contributed by atoms with Crippen molar-refractivity contribution in [1.29, 1.82) is 0 Å². The molecule has 0 aliphatic carbocycles. The van der Waals surface area contributed by atoms with Crippen LogP contribution in [0.5, 0.6) is 0 Å². The normalized spacial score (nSPS) is 10.2. The second-order valence-electron chi connectivity index (χ2n) is 4.15. The van der Waals surface area contributed by atoms with Crippen LogP contribution < -0.4 is 16.8 Å². The Bertz CT molecular complexity index is 596. The lowest BCUT2D eigenvalue weighted by molar-refractivity contribution is 0.100. The molecule has 0 atom stereocenters. The molecule has 1 amide bonds. The Labute approximate surface area is 116 Å². The molecule has 0 heterocycles. The number of hydrogen-bond donors (Lipinski definition) is 3. The van der Waals surface area contributed by atoms with Gasteiger partial charge in [-0.15, -0.1) is 0 Å². The number of carbonyl (C=O) groups excluding carboxylic acids is 1. The smallest absolute Gasteiger partial charge is 0.248 e. The van der Waals surface area contributed by atoms with E-state index in [1.165, 1.54) is 0 Å². The van der Waals surface area contributed by atoms with Crippen LogP contribution >= 0.6 is 11.6 Å². The lowest BCUT2D eigenvalue weighted by Gasteiger charge is -2.10. The molecule has 19 heavy (non-hydrogen) atoms. The topological polar surface area (TPSA) is 81.1 Å². The van der Waals surface area contributed by atoms with Crippen LogP contribution in [0.2, 0.25) is 5.02 Å². The molecule has 98 valence electrons. The average Bonchev–Trinajstić information content (AvgIpc) is 2.39. The molecule has 0 aromatic heterocycles. The minimum absolute atomic E-state index is 0.424. The number of nitrogens with two attached hydrogens (primary N) is 2. The van der Waals surface area contributed by atoms with Crippen molar-refractivity contribution in [3.05, 3.63) is 58.6 Å². The number of hydrogen-bond acceptors (Lipinski definition) is 3. The van der Waals surface area contributed by atoms with Crippen LogP contribution in [-0.2, 0) is 6.54 Å². The molecule has 4 nitrogen and oxygen atoms in total. The summed E-state index contributed by atoms with van der Waals surface area (Å²) in [5.74, 6) is -0.477. The highest BCUT2D eigenvalue weighted by molar-refractivity contribution is 6.30. The van der Waals surface area contributed by atoms with Gasteiger partial charge in [0.15, 0.2) is 0 Å². The Morgan fingerprint density at radius 2 is 1.84 bits per heavy atom. The highest BCUT2D eigenvalue weighted by Crippen LogP contribution is 2.21.